The van der Waals surface area contributed by atoms with E-state index < -0.39 is 6.10 Å². The molecule has 3 aromatic rings. The van der Waals surface area contributed by atoms with E-state index in [4.69, 9.17) is 0 Å². The predicted molar refractivity (Wildman–Crippen MR) is 105 cm³/mol. The van der Waals surface area contributed by atoms with E-state index in [2.05, 4.69) is 20.8 Å². The minimum atomic E-state index is -0.541. The van der Waals surface area contributed by atoms with E-state index in [0.717, 1.165) is 24.3 Å². The number of amides is 1. The third-order valence-electron chi connectivity index (χ3n) is 5.07. The number of carbonyl (C=O) groups excluding carboxylic acids is 1. The number of aromatic nitrogens is 4. The van der Waals surface area contributed by atoms with Gasteiger partial charge in [0.1, 0.15) is 0 Å². The Morgan fingerprint density at radius 3 is 2.89 bits per heavy atom. The summed E-state index contributed by atoms with van der Waals surface area (Å²) in [7, 11) is 1.85. The van der Waals surface area contributed by atoms with Crippen LogP contribution in [-0.4, -0.2) is 42.7 Å². The van der Waals surface area contributed by atoms with Gasteiger partial charge in [-0.25, -0.2) is 0 Å². The third-order valence-corrected chi connectivity index (χ3v) is 5.07. The third kappa shape index (κ3) is 4.23. The van der Waals surface area contributed by atoms with Gasteiger partial charge in [-0.15, -0.1) is 0 Å². The summed E-state index contributed by atoms with van der Waals surface area (Å²) in [5.74, 6) is 0.109. The van der Waals surface area contributed by atoms with Crippen LogP contribution in [0, 0.1) is 5.92 Å². The fourth-order valence-electron chi connectivity index (χ4n) is 3.74. The first-order chi connectivity index (χ1) is 13.6. The van der Waals surface area contributed by atoms with E-state index in [1.807, 2.05) is 42.3 Å². The van der Waals surface area contributed by atoms with Gasteiger partial charge < -0.3 is 15.7 Å². The molecule has 2 heterocycles. The second kappa shape index (κ2) is 7.85. The molecule has 146 valence electrons. The van der Waals surface area contributed by atoms with Gasteiger partial charge in [-0.3, -0.25) is 14.2 Å². The lowest BCUT2D eigenvalue weighted by atomic mass is 10.1. The zero-order valence-corrected chi connectivity index (χ0v) is 15.7. The number of aryl methyl sites for hydroxylation is 1. The highest BCUT2D eigenvalue weighted by atomic mass is 16.3. The van der Waals surface area contributed by atoms with Gasteiger partial charge in [-0.2, -0.15) is 10.2 Å². The van der Waals surface area contributed by atoms with E-state index in [1.165, 1.54) is 0 Å². The van der Waals surface area contributed by atoms with Crippen LogP contribution < -0.4 is 10.6 Å². The summed E-state index contributed by atoms with van der Waals surface area (Å²) in [6.07, 6.45) is 8.11. The Bertz CT molecular complexity index is 936. The second-order valence-electron chi connectivity index (χ2n) is 7.32. The van der Waals surface area contributed by atoms with Crippen molar-refractivity contribution in [3.05, 3.63) is 60.7 Å². The topological polar surface area (TPSA) is 97.0 Å². The number of carbonyl (C=O) groups is 1. The monoisotopic (exact) mass is 380 g/mol. The molecule has 3 N–H and O–H groups in total. The number of rotatable bonds is 6. The smallest absolute Gasteiger partial charge is 0.251 e. The number of hydrogen-bond acceptors (Lipinski definition) is 5. The van der Waals surface area contributed by atoms with Crippen LogP contribution in [0.3, 0.4) is 0 Å². The minimum absolute atomic E-state index is 0.182. The van der Waals surface area contributed by atoms with Gasteiger partial charge >= 0.3 is 0 Å². The van der Waals surface area contributed by atoms with Crippen LogP contribution in [0.1, 0.15) is 23.2 Å². The van der Waals surface area contributed by atoms with Crippen molar-refractivity contribution in [3.8, 4) is 0 Å². The number of nitrogens with zero attached hydrogens (tertiary/aromatic N) is 4. The van der Waals surface area contributed by atoms with Gasteiger partial charge in [0.2, 0.25) is 0 Å². The molecule has 1 unspecified atom stereocenters. The minimum Gasteiger partial charge on any atom is -0.391 e. The molecule has 1 aromatic carbocycles. The molecule has 1 aliphatic rings. The molecule has 0 spiro atoms. The molecule has 3 atom stereocenters. The van der Waals surface area contributed by atoms with Crippen molar-refractivity contribution in [3.63, 3.8) is 0 Å². The van der Waals surface area contributed by atoms with Crippen LogP contribution in [0.2, 0.25) is 0 Å². The van der Waals surface area contributed by atoms with Crippen LogP contribution in [-0.2, 0) is 13.6 Å². The molecule has 1 aliphatic carbocycles. The van der Waals surface area contributed by atoms with Crippen molar-refractivity contribution in [2.24, 2.45) is 13.0 Å². The van der Waals surface area contributed by atoms with E-state index in [1.54, 1.807) is 29.2 Å². The second-order valence-corrected chi connectivity index (χ2v) is 7.32. The Hall–Kier alpha value is -3.13. The van der Waals surface area contributed by atoms with E-state index in [9.17, 15) is 9.90 Å². The first kappa shape index (κ1) is 18.2. The Balaban J connectivity index is 1.37. The summed E-state index contributed by atoms with van der Waals surface area (Å²) in [5.41, 5.74) is 2.22. The van der Waals surface area contributed by atoms with Crippen molar-refractivity contribution in [2.45, 2.75) is 31.5 Å². The molecule has 8 nitrogen and oxygen atoms in total. The van der Waals surface area contributed by atoms with Crippen molar-refractivity contribution in [2.75, 3.05) is 5.32 Å². The van der Waals surface area contributed by atoms with Crippen molar-refractivity contribution < 1.29 is 9.90 Å². The fourth-order valence-corrected chi connectivity index (χ4v) is 3.74. The zero-order valence-electron chi connectivity index (χ0n) is 15.7. The maximum Gasteiger partial charge on any atom is 0.251 e. The average molecular weight is 380 g/mol. The Labute approximate surface area is 163 Å². The first-order valence-corrected chi connectivity index (χ1v) is 9.39. The number of hydrogen-bond donors (Lipinski definition) is 3. The van der Waals surface area contributed by atoms with Crippen LogP contribution in [0.4, 0.5) is 11.4 Å². The van der Waals surface area contributed by atoms with Gasteiger partial charge in [0.15, 0.2) is 0 Å². The molecular weight excluding hydrogens is 356 g/mol. The molecule has 0 bridgehead atoms. The summed E-state index contributed by atoms with van der Waals surface area (Å²) in [4.78, 5) is 12.7. The summed E-state index contributed by atoms with van der Waals surface area (Å²) in [6.45, 7) is 0.751. The molecule has 28 heavy (non-hydrogen) atoms. The standard InChI is InChI=1S/C20H24N6O2/c1-25-13-17(11-22-25)23-16-5-2-4-15(10-16)20(28)24-18-8-14(9-19(18)27)12-26-7-3-6-21-26/h2-7,10-11,13-14,18-19,23,27H,8-9,12H2,1H3,(H,24,28)/t14?,18-,19-/m1/s1. The van der Waals surface area contributed by atoms with E-state index in [-0.39, 0.29) is 11.9 Å². The number of nitrogens with one attached hydrogen (secondary N) is 2. The summed E-state index contributed by atoms with van der Waals surface area (Å²) in [6, 6.07) is 8.94. The molecule has 1 fully saturated rings. The largest absolute Gasteiger partial charge is 0.391 e. The molecular formula is C20H24N6O2. The fraction of sp³-hybridized carbons (Fsp3) is 0.350. The number of aliphatic hydroxyl groups excluding tert-OH is 1. The van der Waals surface area contributed by atoms with E-state index >= 15 is 0 Å². The lowest BCUT2D eigenvalue weighted by Crippen LogP contribution is -2.39. The highest BCUT2D eigenvalue weighted by Crippen LogP contribution is 2.28. The lowest BCUT2D eigenvalue weighted by molar-refractivity contribution is 0.0873. The summed E-state index contributed by atoms with van der Waals surface area (Å²) < 4.78 is 3.58. The van der Waals surface area contributed by atoms with Gasteiger partial charge in [0.25, 0.3) is 5.91 Å². The zero-order chi connectivity index (χ0) is 19.5. The Morgan fingerprint density at radius 1 is 1.25 bits per heavy atom. The average Bonchev–Trinajstić information content (AvgIpc) is 3.39. The number of aliphatic hydroxyl groups is 1. The summed E-state index contributed by atoms with van der Waals surface area (Å²) in [5, 5.41) is 24.9. The molecule has 0 aliphatic heterocycles. The van der Waals surface area contributed by atoms with Crippen molar-refractivity contribution in [1.29, 1.82) is 0 Å². The van der Waals surface area contributed by atoms with Gasteiger partial charge in [-0.05, 0) is 43.0 Å². The normalized spacial score (nSPS) is 21.6. The molecule has 2 aromatic heterocycles. The number of anilines is 2. The Kier molecular flexibility index (Phi) is 5.12. The van der Waals surface area contributed by atoms with Crippen LogP contribution in [0.25, 0.3) is 0 Å². The molecule has 1 amide bonds. The van der Waals surface area contributed by atoms with Gasteiger partial charge in [0.05, 0.1) is 24.0 Å². The highest BCUT2D eigenvalue weighted by molar-refractivity contribution is 5.95. The van der Waals surface area contributed by atoms with Crippen LogP contribution in [0.5, 0.6) is 0 Å². The SMILES string of the molecule is Cn1cc(Nc2cccc(C(=O)N[C@@H]3CC(Cn4cccn4)C[C@H]3O)c2)cn1. The molecule has 0 saturated heterocycles. The molecule has 1 saturated carbocycles. The predicted octanol–water partition coefficient (Wildman–Crippen LogP) is 1.93. The van der Waals surface area contributed by atoms with Gasteiger partial charge in [-0.1, -0.05) is 6.07 Å². The van der Waals surface area contributed by atoms with Crippen LogP contribution >= 0.6 is 0 Å². The van der Waals surface area contributed by atoms with Crippen LogP contribution in [0.15, 0.2) is 55.1 Å². The quantitative estimate of drug-likeness (QED) is 0.607. The van der Waals surface area contributed by atoms with Crippen molar-refractivity contribution in [1.82, 2.24) is 24.9 Å². The van der Waals surface area contributed by atoms with Gasteiger partial charge in [0, 0.05) is 43.4 Å². The summed E-state index contributed by atoms with van der Waals surface area (Å²) >= 11 is 0. The lowest BCUT2D eigenvalue weighted by Gasteiger charge is -2.17. The van der Waals surface area contributed by atoms with E-state index in [0.29, 0.717) is 17.9 Å². The molecule has 8 heteroatoms. The highest BCUT2D eigenvalue weighted by Gasteiger charge is 2.34. The number of benzene rings is 1. The maximum absolute atomic E-state index is 12.7. The maximum atomic E-state index is 12.7. The Morgan fingerprint density at radius 2 is 2.14 bits per heavy atom. The molecule has 0 radical (unpaired) electrons. The van der Waals surface area contributed by atoms with Crippen molar-refractivity contribution >= 4 is 17.3 Å². The molecule has 4 rings (SSSR count). The first-order valence-electron chi connectivity index (χ1n) is 9.39.